The average molecular weight is 1140 g/mol. The molecule has 17 rings (SSSR count). The van der Waals surface area contributed by atoms with Gasteiger partial charge in [0.15, 0.2) is 11.2 Å². The monoisotopic (exact) mass is 1130 g/mol. The lowest BCUT2D eigenvalue weighted by Gasteiger charge is -2.45. The largest absolute Gasteiger partial charge is 0.452 e. The van der Waals surface area contributed by atoms with E-state index in [2.05, 4.69) is 32.9 Å². The van der Waals surface area contributed by atoms with Gasteiger partial charge in [0.2, 0.25) is 0 Å². The Bertz CT molecular complexity index is 6430. The van der Waals surface area contributed by atoms with E-state index in [-0.39, 0.29) is 77.7 Å². The molecule has 87 heavy (non-hydrogen) atoms. The summed E-state index contributed by atoms with van der Waals surface area (Å²) in [5, 5.41) is 0.534. The van der Waals surface area contributed by atoms with Gasteiger partial charge in [0.1, 0.15) is 0 Å². The van der Waals surface area contributed by atoms with E-state index in [0.29, 0.717) is 66.7 Å². The zero-order valence-corrected chi connectivity index (χ0v) is 46.8. The fourth-order valence-corrected chi connectivity index (χ4v) is 12.9. The maximum atomic E-state index is 9.84. The van der Waals surface area contributed by atoms with Crippen molar-refractivity contribution in [1.29, 1.82) is 0 Å². The minimum atomic E-state index is -0.944. The SMILES string of the molecule is [2H]c1c([2H])c([2H])c(-c2ccc3c(c2)N(c2c(-c4ccccc4)cc(C(C)(C)C)cc2-c2ccccc2)c2cc(-c4c([2H])c([2H])c([2H])c([2H])c4[2H])cc4c2B3c2ccc(-c3c([2H])c([2H])c([2H])c([2H])c3[2H])cc2N4c2cccc3c2oc2c(-n4c5c([2H])c([2H])c([2H])c([2H])c5c5c([2H])c([2H])c([2H])c([2H])c54)cccc23)c([2H])c1[2H]. The summed E-state index contributed by atoms with van der Waals surface area (Å²) in [5.74, 6) is 0. The van der Waals surface area contributed by atoms with Gasteiger partial charge < -0.3 is 18.8 Å². The summed E-state index contributed by atoms with van der Waals surface area (Å²) in [7, 11) is 0. The lowest BCUT2D eigenvalue weighted by molar-refractivity contribution is 0.591. The van der Waals surface area contributed by atoms with Gasteiger partial charge in [0.25, 0.3) is 6.71 Å². The molecule has 0 bridgehead atoms. The molecular formula is C82H58BN3O. The van der Waals surface area contributed by atoms with Crippen LogP contribution < -0.4 is 26.2 Å². The van der Waals surface area contributed by atoms with E-state index in [1.54, 1.807) is 78.9 Å². The summed E-state index contributed by atoms with van der Waals surface area (Å²) in [6, 6.07) is 34.6. The Balaban J connectivity index is 1.07. The molecule has 0 aliphatic carbocycles. The number of hydrogen-bond acceptors (Lipinski definition) is 3. The summed E-state index contributed by atoms with van der Waals surface area (Å²) in [6.45, 7) is 5.38. The van der Waals surface area contributed by atoms with Crippen LogP contribution in [-0.4, -0.2) is 11.3 Å². The van der Waals surface area contributed by atoms with E-state index in [1.165, 1.54) is 4.57 Å². The Morgan fingerprint density at radius 2 is 0.782 bits per heavy atom. The Morgan fingerprint density at radius 1 is 0.345 bits per heavy atom. The molecule has 410 valence electrons. The average Bonchev–Trinajstić information content (AvgIpc) is 0.829. The fraction of sp³-hybridized carbons (Fsp3) is 0.0488. The fourth-order valence-electron chi connectivity index (χ4n) is 12.9. The van der Waals surface area contributed by atoms with Crippen molar-refractivity contribution in [3.05, 3.63) is 302 Å². The van der Waals surface area contributed by atoms with Crippen LogP contribution in [0.2, 0.25) is 0 Å². The van der Waals surface area contributed by atoms with Crippen molar-refractivity contribution in [3.8, 4) is 61.3 Å². The lowest BCUT2D eigenvalue weighted by Crippen LogP contribution is -2.61. The van der Waals surface area contributed by atoms with E-state index in [4.69, 9.17) is 19.5 Å². The molecule has 2 aliphatic rings. The molecular weight excluding hydrogens is 1050 g/mol. The molecule has 0 saturated carbocycles. The van der Waals surface area contributed by atoms with Crippen LogP contribution in [0.5, 0.6) is 0 Å². The molecule has 0 spiro atoms. The van der Waals surface area contributed by atoms with Crippen LogP contribution in [-0.2, 0) is 5.41 Å². The highest BCUT2D eigenvalue weighted by Crippen LogP contribution is 2.54. The minimum Gasteiger partial charge on any atom is -0.452 e. The van der Waals surface area contributed by atoms with Gasteiger partial charge >= 0.3 is 0 Å². The molecule has 4 heterocycles. The van der Waals surface area contributed by atoms with Crippen molar-refractivity contribution in [3.63, 3.8) is 0 Å². The van der Waals surface area contributed by atoms with Gasteiger partial charge in [0, 0.05) is 55.4 Å². The number of furan rings is 1. The van der Waals surface area contributed by atoms with E-state index < -0.39 is 151 Å². The third-order valence-corrected chi connectivity index (χ3v) is 16.8. The van der Waals surface area contributed by atoms with Crippen molar-refractivity contribution < 1.29 is 35.9 Å². The summed E-state index contributed by atoms with van der Waals surface area (Å²) in [6.07, 6.45) is 0. The molecule has 0 atom stereocenters. The molecule has 0 fully saturated rings. The third kappa shape index (κ3) is 8.07. The van der Waals surface area contributed by atoms with Crippen LogP contribution in [0.25, 0.3) is 105 Å². The smallest absolute Gasteiger partial charge is 0.252 e. The first-order chi connectivity index (χ1) is 52.3. The van der Waals surface area contributed by atoms with Gasteiger partial charge in [-0.3, -0.25) is 0 Å². The zero-order valence-electron chi connectivity index (χ0n) is 69.8. The Hall–Kier alpha value is -10.9. The molecule has 13 aromatic carbocycles. The van der Waals surface area contributed by atoms with Gasteiger partial charge in [-0.05, 0) is 132 Å². The molecule has 5 heteroatoms. The minimum absolute atomic E-state index is 0.0853. The topological polar surface area (TPSA) is 24.6 Å². The van der Waals surface area contributed by atoms with Crippen molar-refractivity contribution in [2.75, 3.05) is 9.80 Å². The molecule has 0 saturated heterocycles. The molecule has 15 aromatic rings. The zero-order chi connectivity index (χ0) is 77.9. The van der Waals surface area contributed by atoms with Crippen LogP contribution in [0, 0.1) is 0 Å². The van der Waals surface area contributed by atoms with Gasteiger partial charge in [0.05, 0.1) is 59.6 Å². The highest BCUT2D eigenvalue weighted by Gasteiger charge is 2.45. The normalized spacial score (nSPS) is 16.4. The predicted octanol–water partition coefficient (Wildman–Crippen LogP) is 20.4. The first-order valence-corrected chi connectivity index (χ1v) is 28.4. The maximum absolute atomic E-state index is 9.84. The third-order valence-electron chi connectivity index (χ3n) is 16.8. The van der Waals surface area contributed by atoms with E-state index in [9.17, 15) is 16.4 Å². The second-order valence-electron chi connectivity index (χ2n) is 22.7. The van der Waals surface area contributed by atoms with Crippen molar-refractivity contribution >= 4 is 101 Å². The molecule has 2 aromatic heterocycles. The van der Waals surface area contributed by atoms with Gasteiger partial charge in [-0.15, -0.1) is 0 Å². The molecule has 0 radical (unpaired) electrons. The summed E-state index contributed by atoms with van der Waals surface area (Å²) in [5.41, 5.74) is 7.18. The Labute approximate surface area is 539 Å². The Morgan fingerprint density at radius 3 is 1.30 bits per heavy atom. The summed E-state index contributed by atoms with van der Waals surface area (Å²) in [4.78, 5) is 3.89. The molecule has 2 aliphatic heterocycles. The number of nitrogens with zero attached hydrogens (tertiary/aromatic N) is 3. The van der Waals surface area contributed by atoms with E-state index in [0.717, 1.165) is 16.7 Å². The van der Waals surface area contributed by atoms with Crippen LogP contribution in [0.3, 0.4) is 0 Å². The highest BCUT2D eigenvalue weighted by atomic mass is 16.3. The van der Waals surface area contributed by atoms with Crippen LogP contribution in [0.1, 0.15) is 57.9 Å². The standard InChI is InChI=1S/C82H58BN3O/c1-82(2,3)61-51-66(56-31-15-7-16-32-56)79(67(52-61)57-33-17-8-18-34-57)86-75-48-59(54-27-11-5-12-28-54)44-46-69(75)83-68-45-43-58(53-25-9-4-10-26-53)47-74(68)85(76-49-60(50-77(86)78(76)83)55-29-13-6-14-30-55)73-42-24-38-65-64-37-23-41-72(80(64)87-81(65)73)84-70-39-21-19-35-62(70)63-36-20-22-40-71(63)84/h4-52H,1-3H3/i4D,5D,6D,9D,10D,11D,12D,13D,14D,19D,20D,21D,22D,25D,26D,27D,28D,29D,30D,35D,36D,39D,40D. The molecule has 4 nitrogen and oxygen atoms in total. The quantitative estimate of drug-likeness (QED) is 0.142. The maximum Gasteiger partial charge on any atom is 0.252 e. The van der Waals surface area contributed by atoms with Crippen molar-refractivity contribution in [2.24, 2.45) is 0 Å². The number of rotatable bonds is 8. The highest BCUT2D eigenvalue weighted by molar-refractivity contribution is 7.00. The van der Waals surface area contributed by atoms with Crippen molar-refractivity contribution in [2.45, 2.75) is 26.2 Å². The van der Waals surface area contributed by atoms with Crippen LogP contribution in [0.15, 0.2) is 301 Å². The number of anilines is 6. The number of fused-ring (bicyclic) bond motifs is 10. The lowest BCUT2D eigenvalue weighted by atomic mass is 9.33. The first-order valence-electron chi connectivity index (χ1n) is 39.9. The van der Waals surface area contributed by atoms with Crippen LogP contribution >= 0.6 is 0 Å². The van der Waals surface area contributed by atoms with Gasteiger partial charge in [-0.1, -0.05) is 257 Å². The number of para-hydroxylation sites is 4. The van der Waals surface area contributed by atoms with Gasteiger partial charge in [-0.25, -0.2) is 0 Å². The molecule has 0 N–H and O–H groups in total. The first kappa shape index (κ1) is 32.4. The Kier molecular flexibility index (Phi) is 7.40. The van der Waals surface area contributed by atoms with Crippen molar-refractivity contribution in [1.82, 2.24) is 4.57 Å². The number of benzene rings is 13. The second kappa shape index (κ2) is 19.9. The van der Waals surface area contributed by atoms with E-state index in [1.807, 2.05) is 76.5 Å². The number of hydrogen-bond donors (Lipinski definition) is 0. The van der Waals surface area contributed by atoms with Gasteiger partial charge in [-0.2, -0.15) is 0 Å². The van der Waals surface area contributed by atoms with E-state index >= 15 is 0 Å². The predicted molar refractivity (Wildman–Crippen MR) is 368 cm³/mol. The molecule has 0 amide bonds. The number of aromatic nitrogens is 1. The second-order valence-corrected chi connectivity index (χ2v) is 22.7. The summed E-state index contributed by atoms with van der Waals surface area (Å²) >= 11 is 0. The molecule has 0 unspecified atom stereocenters. The summed E-state index contributed by atoms with van der Waals surface area (Å²) < 4.78 is 220. The van der Waals surface area contributed by atoms with Crippen LogP contribution in [0.4, 0.5) is 34.1 Å².